The summed E-state index contributed by atoms with van der Waals surface area (Å²) in [5.74, 6) is -0.237. The zero-order chi connectivity index (χ0) is 13.9. The minimum absolute atomic E-state index is 0.237. The van der Waals surface area contributed by atoms with Gasteiger partial charge < -0.3 is 14.2 Å². The summed E-state index contributed by atoms with van der Waals surface area (Å²) in [6.07, 6.45) is 1.30. The molecule has 0 heterocycles. The fraction of sp³-hybridized carbons (Fsp3) is 0.533. The van der Waals surface area contributed by atoms with E-state index in [-0.39, 0.29) is 12.4 Å². The second-order valence-electron chi connectivity index (χ2n) is 4.19. The molecule has 0 amide bonds. The molecule has 19 heavy (non-hydrogen) atoms. The van der Waals surface area contributed by atoms with E-state index in [1.54, 1.807) is 0 Å². The van der Waals surface area contributed by atoms with Crippen molar-refractivity contribution >= 4 is 5.97 Å². The van der Waals surface area contributed by atoms with E-state index in [1.165, 1.54) is 7.11 Å². The molecule has 0 atom stereocenters. The third-order valence-electron chi connectivity index (χ3n) is 2.66. The van der Waals surface area contributed by atoms with Crippen molar-refractivity contribution in [2.45, 2.75) is 26.4 Å². The van der Waals surface area contributed by atoms with Crippen LogP contribution in [0.2, 0.25) is 0 Å². The Morgan fingerprint density at radius 2 is 1.74 bits per heavy atom. The molecular formula is C15H22O4. The molecule has 0 aliphatic heterocycles. The fourth-order valence-corrected chi connectivity index (χ4v) is 1.64. The van der Waals surface area contributed by atoms with Gasteiger partial charge in [-0.1, -0.05) is 31.2 Å². The van der Waals surface area contributed by atoms with E-state index in [1.807, 2.05) is 24.3 Å². The van der Waals surface area contributed by atoms with Crippen LogP contribution in [0.25, 0.3) is 0 Å². The molecule has 0 saturated heterocycles. The van der Waals surface area contributed by atoms with E-state index in [0.717, 1.165) is 24.2 Å². The molecular weight excluding hydrogens is 244 g/mol. The van der Waals surface area contributed by atoms with Crippen molar-refractivity contribution in [2.75, 3.05) is 26.9 Å². The lowest BCUT2D eigenvalue weighted by atomic mass is 10.1. The lowest BCUT2D eigenvalue weighted by molar-refractivity contribution is -0.139. The molecule has 0 fully saturated rings. The highest BCUT2D eigenvalue weighted by atomic mass is 16.5. The van der Waals surface area contributed by atoms with Crippen LogP contribution < -0.4 is 0 Å². The number of benzene rings is 1. The number of carbonyl (C=O) groups excluding carboxylic acids is 1. The predicted molar refractivity (Wildman–Crippen MR) is 72.9 cm³/mol. The molecule has 0 radical (unpaired) electrons. The van der Waals surface area contributed by atoms with E-state index in [4.69, 9.17) is 9.47 Å². The van der Waals surface area contributed by atoms with Gasteiger partial charge in [-0.05, 0) is 17.5 Å². The molecule has 0 spiro atoms. The van der Waals surface area contributed by atoms with Crippen LogP contribution in [-0.4, -0.2) is 32.9 Å². The molecule has 0 N–H and O–H groups in total. The summed E-state index contributed by atoms with van der Waals surface area (Å²) >= 11 is 0. The zero-order valence-corrected chi connectivity index (χ0v) is 11.7. The Hall–Kier alpha value is -1.39. The number of carbonyl (C=O) groups is 1. The number of hydrogen-bond acceptors (Lipinski definition) is 4. The van der Waals surface area contributed by atoms with Gasteiger partial charge in [-0.2, -0.15) is 0 Å². The molecule has 106 valence electrons. The number of hydrogen-bond donors (Lipinski definition) is 0. The van der Waals surface area contributed by atoms with Gasteiger partial charge in [0.05, 0.1) is 33.4 Å². The SMILES string of the molecule is CCCOCCOCc1ccccc1CC(=O)OC. The van der Waals surface area contributed by atoms with Gasteiger partial charge in [0.15, 0.2) is 0 Å². The van der Waals surface area contributed by atoms with E-state index < -0.39 is 0 Å². The smallest absolute Gasteiger partial charge is 0.309 e. The van der Waals surface area contributed by atoms with Crippen molar-refractivity contribution in [1.29, 1.82) is 0 Å². The zero-order valence-electron chi connectivity index (χ0n) is 11.7. The summed E-state index contributed by atoms with van der Waals surface area (Å²) in [5.41, 5.74) is 1.97. The van der Waals surface area contributed by atoms with Crippen molar-refractivity contribution in [3.05, 3.63) is 35.4 Å². The Morgan fingerprint density at radius 3 is 2.42 bits per heavy atom. The monoisotopic (exact) mass is 266 g/mol. The summed E-state index contributed by atoms with van der Waals surface area (Å²) in [6.45, 7) is 4.49. The van der Waals surface area contributed by atoms with E-state index >= 15 is 0 Å². The fourth-order valence-electron chi connectivity index (χ4n) is 1.64. The first-order chi connectivity index (χ1) is 9.27. The first-order valence-electron chi connectivity index (χ1n) is 6.57. The average Bonchev–Trinajstić information content (AvgIpc) is 2.44. The highest BCUT2D eigenvalue weighted by Crippen LogP contribution is 2.11. The minimum Gasteiger partial charge on any atom is -0.469 e. The van der Waals surface area contributed by atoms with Gasteiger partial charge in [0, 0.05) is 6.61 Å². The van der Waals surface area contributed by atoms with Gasteiger partial charge in [0.25, 0.3) is 0 Å². The van der Waals surface area contributed by atoms with E-state index in [0.29, 0.717) is 19.8 Å². The van der Waals surface area contributed by atoms with E-state index in [2.05, 4.69) is 11.7 Å². The van der Waals surface area contributed by atoms with Gasteiger partial charge in [-0.25, -0.2) is 0 Å². The van der Waals surface area contributed by atoms with E-state index in [9.17, 15) is 4.79 Å². The van der Waals surface area contributed by atoms with Crippen LogP contribution in [0, 0.1) is 0 Å². The van der Waals surface area contributed by atoms with Crippen LogP contribution in [0.4, 0.5) is 0 Å². The third-order valence-corrected chi connectivity index (χ3v) is 2.66. The van der Waals surface area contributed by atoms with Gasteiger partial charge in [-0.15, -0.1) is 0 Å². The second kappa shape index (κ2) is 9.53. The van der Waals surface area contributed by atoms with Crippen LogP contribution >= 0.6 is 0 Å². The maximum atomic E-state index is 11.3. The van der Waals surface area contributed by atoms with Gasteiger partial charge in [-0.3, -0.25) is 4.79 Å². The predicted octanol–water partition coefficient (Wildman–Crippen LogP) is 2.35. The molecule has 4 heteroatoms. The highest BCUT2D eigenvalue weighted by molar-refractivity contribution is 5.72. The van der Waals surface area contributed by atoms with Gasteiger partial charge in [0.1, 0.15) is 0 Å². The molecule has 1 rings (SSSR count). The Labute approximate surface area is 114 Å². The Morgan fingerprint density at radius 1 is 1.05 bits per heavy atom. The maximum absolute atomic E-state index is 11.3. The molecule has 0 saturated carbocycles. The lowest BCUT2D eigenvalue weighted by Crippen LogP contribution is -2.09. The normalized spacial score (nSPS) is 10.4. The van der Waals surface area contributed by atoms with Crippen molar-refractivity contribution in [3.8, 4) is 0 Å². The first kappa shape index (κ1) is 15.7. The Balaban J connectivity index is 2.38. The maximum Gasteiger partial charge on any atom is 0.309 e. The third kappa shape index (κ3) is 6.36. The molecule has 1 aromatic rings. The number of esters is 1. The van der Waals surface area contributed by atoms with Crippen LogP contribution in [-0.2, 0) is 32.0 Å². The molecule has 1 aromatic carbocycles. The Kier molecular flexibility index (Phi) is 7.86. The first-order valence-corrected chi connectivity index (χ1v) is 6.57. The largest absolute Gasteiger partial charge is 0.469 e. The topological polar surface area (TPSA) is 44.8 Å². The summed E-state index contributed by atoms with van der Waals surface area (Å²) in [5, 5.41) is 0. The van der Waals surface area contributed by atoms with Crippen molar-refractivity contribution in [1.82, 2.24) is 0 Å². The quantitative estimate of drug-likeness (QED) is 0.508. The Bertz CT molecular complexity index is 376. The number of ether oxygens (including phenoxy) is 3. The molecule has 0 aliphatic carbocycles. The average molecular weight is 266 g/mol. The van der Waals surface area contributed by atoms with Crippen molar-refractivity contribution in [3.63, 3.8) is 0 Å². The summed E-state index contributed by atoms with van der Waals surface area (Å²) in [6, 6.07) is 7.73. The minimum atomic E-state index is -0.237. The number of methoxy groups -OCH3 is 1. The molecule has 0 aromatic heterocycles. The van der Waals surface area contributed by atoms with Crippen LogP contribution in [0.5, 0.6) is 0 Å². The van der Waals surface area contributed by atoms with Crippen molar-refractivity contribution < 1.29 is 19.0 Å². The molecule has 4 nitrogen and oxygen atoms in total. The van der Waals surface area contributed by atoms with Crippen LogP contribution in [0.1, 0.15) is 24.5 Å². The van der Waals surface area contributed by atoms with Gasteiger partial charge in [0.2, 0.25) is 0 Å². The van der Waals surface area contributed by atoms with Crippen molar-refractivity contribution in [2.24, 2.45) is 0 Å². The van der Waals surface area contributed by atoms with Crippen LogP contribution in [0.15, 0.2) is 24.3 Å². The second-order valence-corrected chi connectivity index (χ2v) is 4.19. The van der Waals surface area contributed by atoms with Gasteiger partial charge >= 0.3 is 5.97 Å². The molecule has 0 aliphatic rings. The number of rotatable bonds is 9. The molecule has 0 unspecified atom stereocenters. The summed E-state index contributed by atoms with van der Waals surface area (Å²) in [4.78, 5) is 11.3. The van der Waals surface area contributed by atoms with Crippen LogP contribution in [0.3, 0.4) is 0 Å². The summed E-state index contributed by atoms with van der Waals surface area (Å²) in [7, 11) is 1.40. The standard InChI is InChI=1S/C15H22O4/c1-3-8-18-9-10-19-12-14-7-5-4-6-13(14)11-15(16)17-2/h4-7H,3,8-12H2,1-2H3. The highest BCUT2D eigenvalue weighted by Gasteiger charge is 2.07. The molecule has 0 bridgehead atoms. The summed E-state index contributed by atoms with van der Waals surface area (Å²) < 4.78 is 15.6. The lowest BCUT2D eigenvalue weighted by Gasteiger charge is -2.09.